The predicted molar refractivity (Wildman–Crippen MR) is 193 cm³/mol. The lowest BCUT2D eigenvalue weighted by molar-refractivity contribution is -0.125. The molecule has 9 nitrogen and oxygen atoms in total. The molecule has 0 bridgehead atoms. The Balaban J connectivity index is -0.000000148. The van der Waals surface area contributed by atoms with Gasteiger partial charge in [0, 0.05) is 48.2 Å². The fourth-order valence-electron chi connectivity index (χ4n) is 2.62. The van der Waals surface area contributed by atoms with Gasteiger partial charge in [0.05, 0.1) is 10.5 Å². The van der Waals surface area contributed by atoms with E-state index in [1.807, 2.05) is 96.9 Å². The fraction of sp³-hybridized carbons (Fsp3) is 0.886. The number of ketones is 1. The van der Waals surface area contributed by atoms with Crippen molar-refractivity contribution in [2.45, 2.75) is 161 Å². The molecular weight excluding hydrogens is 590 g/mol. The van der Waals surface area contributed by atoms with Gasteiger partial charge in [-0.25, -0.2) is 8.42 Å². The number of carbonyl (C=O) groups is 4. The van der Waals surface area contributed by atoms with E-state index in [0.29, 0.717) is 11.7 Å². The second-order valence-corrected chi connectivity index (χ2v) is 17.4. The first-order chi connectivity index (χ1) is 20.0. The van der Waals surface area contributed by atoms with Gasteiger partial charge in [-0.1, -0.05) is 83.1 Å². The Labute approximate surface area is 279 Å². The van der Waals surface area contributed by atoms with Crippen LogP contribution in [-0.2, 0) is 29.0 Å². The molecule has 0 heterocycles. The zero-order valence-electron chi connectivity index (χ0n) is 32.8. The van der Waals surface area contributed by atoms with E-state index in [2.05, 4.69) is 29.8 Å². The molecule has 3 N–H and O–H groups in total. The summed E-state index contributed by atoms with van der Waals surface area (Å²) in [4.78, 5) is 43.5. The highest BCUT2D eigenvalue weighted by Crippen LogP contribution is 2.07. The molecule has 272 valence electrons. The largest absolute Gasteiger partial charge is 0.356 e. The number of rotatable bonds is 11. The summed E-state index contributed by atoms with van der Waals surface area (Å²) in [7, 11) is -2.81. The maximum Gasteiger partial charge on any atom is 0.222 e. The van der Waals surface area contributed by atoms with Crippen molar-refractivity contribution in [1.82, 2.24) is 16.0 Å². The highest BCUT2D eigenvalue weighted by atomic mass is 32.2. The first-order valence-electron chi connectivity index (χ1n) is 16.7. The Hall–Kier alpha value is -1.97. The van der Waals surface area contributed by atoms with E-state index in [4.69, 9.17) is 0 Å². The van der Waals surface area contributed by atoms with E-state index < -0.39 is 9.84 Å². The van der Waals surface area contributed by atoms with Crippen LogP contribution in [-0.4, -0.2) is 61.1 Å². The van der Waals surface area contributed by atoms with Crippen LogP contribution in [0.5, 0.6) is 0 Å². The molecule has 0 aromatic carbocycles. The zero-order chi connectivity index (χ0) is 37.4. The smallest absolute Gasteiger partial charge is 0.222 e. The molecule has 0 aliphatic rings. The van der Waals surface area contributed by atoms with Gasteiger partial charge in [-0.2, -0.15) is 0 Å². The van der Waals surface area contributed by atoms with Gasteiger partial charge in [-0.15, -0.1) is 0 Å². The molecule has 0 radical (unpaired) electrons. The van der Waals surface area contributed by atoms with Crippen LogP contribution in [0.4, 0.5) is 0 Å². The topological polar surface area (TPSA) is 139 Å². The van der Waals surface area contributed by atoms with E-state index in [0.717, 1.165) is 6.54 Å². The summed E-state index contributed by atoms with van der Waals surface area (Å²) < 4.78 is 22.1. The standard InChI is InChI=1S/C8H17NO.2C7H15NO.C7H14O.C6H14O2S/c1-6(2)5-9-8(10)7(3)4;2*1-5(2)7(9)8-6(3)4;1-5(2)7(8)6(3)4;1-5(2)9(7,8)6(3)4/h6-7H,5H2,1-4H3,(H,9,10);2*5-6H,1-4H3,(H,8,9);5-6H,1-4H3;5-6H,1-4H3. The average Bonchev–Trinajstić information content (AvgIpc) is 2.86. The Kier molecular flexibility index (Phi) is 33.0. The van der Waals surface area contributed by atoms with Crippen LogP contribution in [0.1, 0.15) is 138 Å². The summed E-state index contributed by atoms with van der Waals surface area (Å²) in [6.45, 7) is 38.7. The number of hydrogen-bond acceptors (Lipinski definition) is 6. The van der Waals surface area contributed by atoms with Crippen LogP contribution in [0.15, 0.2) is 0 Å². The summed E-state index contributed by atoms with van der Waals surface area (Å²) >= 11 is 0. The molecule has 0 atom stereocenters. The molecule has 0 saturated heterocycles. The van der Waals surface area contributed by atoms with Crippen LogP contribution >= 0.6 is 0 Å². The SMILES string of the molecule is CC(C)C(=O)C(C)C.CC(C)CNC(=O)C(C)C.CC(C)NC(=O)C(C)C.CC(C)NC(=O)C(C)C.CC(C)S(=O)(=O)C(C)C. The third-order valence-electron chi connectivity index (χ3n) is 5.57. The minimum Gasteiger partial charge on any atom is -0.356 e. The molecule has 0 aliphatic carbocycles. The number of hydrogen-bond donors (Lipinski definition) is 3. The van der Waals surface area contributed by atoms with E-state index in [1.165, 1.54) is 0 Å². The summed E-state index contributed by atoms with van der Waals surface area (Å²) in [5.41, 5.74) is 0. The van der Waals surface area contributed by atoms with Gasteiger partial charge in [0.1, 0.15) is 5.78 Å². The number of amides is 3. The van der Waals surface area contributed by atoms with Crippen molar-refractivity contribution in [3.63, 3.8) is 0 Å². The summed E-state index contributed by atoms with van der Waals surface area (Å²) in [6, 6.07) is 0.528. The van der Waals surface area contributed by atoms with Crippen molar-refractivity contribution >= 4 is 33.3 Å². The lowest BCUT2D eigenvalue weighted by Crippen LogP contribution is -2.33. The lowest BCUT2D eigenvalue weighted by Gasteiger charge is -2.09. The van der Waals surface area contributed by atoms with Crippen LogP contribution in [0.3, 0.4) is 0 Å². The molecule has 0 fully saturated rings. The predicted octanol–water partition coefficient (Wildman–Crippen LogP) is 6.83. The molecule has 0 aromatic rings. The van der Waals surface area contributed by atoms with Gasteiger partial charge in [0.25, 0.3) is 0 Å². The van der Waals surface area contributed by atoms with Gasteiger partial charge in [-0.3, -0.25) is 19.2 Å². The first-order valence-corrected chi connectivity index (χ1v) is 18.3. The number of Topliss-reactive ketones (excluding diaryl/α,β-unsaturated/α-hetero) is 1. The maximum absolute atomic E-state index is 11.0. The van der Waals surface area contributed by atoms with Gasteiger partial charge in [0.15, 0.2) is 9.84 Å². The Morgan fingerprint density at radius 2 is 0.711 bits per heavy atom. The van der Waals surface area contributed by atoms with Gasteiger partial charge >= 0.3 is 0 Å². The molecule has 0 saturated carbocycles. The summed E-state index contributed by atoms with van der Waals surface area (Å²) in [5.74, 6) is 2.03. The van der Waals surface area contributed by atoms with Crippen LogP contribution < -0.4 is 16.0 Å². The van der Waals surface area contributed by atoms with Gasteiger partial charge in [0.2, 0.25) is 17.7 Å². The van der Waals surface area contributed by atoms with Crippen molar-refractivity contribution < 1.29 is 27.6 Å². The van der Waals surface area contributed by atoms with E-state index in [9.17, 15) is 27.6 Å². The number of carbonyl (C=O) groups excluding carboxylic acids is 4. The molecule has 0 spiro atoms. The second kappa shape index (κ2) is 28.3. The Morgan fingerprint density at radius 1 is 0.444 bits per heavy atom. The highest BCUT2D eigenvalue weighted by Gasteiger charge is 2.19. The van der Waals surface area contributed by atoms with Crippen LogP contribution in [0.2, 0.25) is 0 Å². The number of sulfone groups is 1. The quantitative estimate of drug-likeness (QED) is 0.221. The molecule has 10 heteroatoms. The van der Waals surface area contributed by atoms with Crippen molar-refractivity contribution in [3.05, 3.63) is 0 Å². The minimum atomic E-state index is -2.81. The highest BCUT2D eigenvalue weighted by molar-refractivity contribution is 7.92. The van der Waals surface area contributed by atoms with E-state index in [-0.39, 0.29) is 69.9 Å². The van der Waals surface area contributed by atoms with Crippen molar-refractivity contribution in [2.75, 3.05) is 6.54 Å². The maximum atomic E-state index is 11.0. The van der Waals surface area contributed by atoms with Crippen molar-refractivity contribution in [3.8, 4) is 0 Å². The average molecular weight is 666 g/mol. The monoisotopic (exact) mass is 666 g/mol. The Bertz CT molecular complexity index is 839. The van der Waals surface area contributed by atoms with Crippen molar-refractivity contribution in [2.24, 2.45) is 35.5 Å². The molecule has 0 aliphatic heterocycles. The van der Waals surface area contributed by atoms with Crippen molar-refractivity contribution in [1.29, 1.82) is 0 Å². The normalized spacial score (nSPS) is 11.1. The van der Waals surface area contributed by atoms with Crippen LogP contribution in [0.25, 0.3) is 0 Å². The van der Waals surface area contributed by atoms with Gasteiger partial charge in [-0.05, 0) is 61.3 Å². The number of nitrogens with one attached hydrogen (secondary N) is 3. The molecular formula is C35H75N3O6S. The summed E-state index contributed by atoms with van der Waals surface area (Å²) in [6.07, 6.45) is 0. The molecule has 45 heavy (non-hydrogen) atoms. The molecule has 3 amide bonds. The van der Waals surface area contributed by atoms with E-state index >= 15 is 0 Å². The fourth-order valence-corrected chi connectivity index (χ4v) is 3.71. The lowest BCUT2D eigenvalue weighted by atomic mass is 9.99. The second-order valence-electron chi connectivity index (χ2n) is 14.3. The van der Waals surface area contributed by atoms with Crippen LogP contribution in [0, 0.1) is 35.5 Å². The molecule has 0 aromatic heterocycles. The third kappa shape index (κ3) is 36.4. The molecule has 0 unspecified atom stereocenters. The third-order valence-corrected chi connectivity index (χ3v) is 8.20. The van der Waals surface area contributed by atoms with E-state index in [1.54, 1.807) is 27.7 Å². The molecule has 0 rings (SSSR count). The zero-order valence-corrected chi connectivity index (χ0v) is 33.7. The minimum absolute atomic E-state index is 0.104. The Morgan fingerprint density at radius 3 is 0.800 bits per heavy atom. The first kappa shape index (κ1) is 52.6. The summed E-state index contributed by atoms with van der Waals surface area (Å²) in [5, 5.41) is 7.97. The van der Waals surface area contributed by atoms with Gasteiger partial charge < -0.3 is 16.0 Å².